The molecule has 0 aliphatic heterocycles. The SMILES string of the molecule is COc1cc(Cn2cc(CCN)nn2)c(OC)cc1Br. The molecule has 2 N–H and O–H groups in total. The molecule has 20 heavy (non-hydrogen) atoms. The zero-order valence-corrected chi connectivity index (χ0v) is 13.1. The van der Waals surface area contributed by atoms with Crippen LogP contribution in [0.3, 0.4) is 0 Å². The number of benzene rings is 1. The number of methoxy groups -OCH3 is 2. The summed E-state index contributed by atoms with van der Waals surface area (Å²) in [6.45, 7) is 1.12. The van der Waals surface area contributed by atoms with E-state index in [2.05, 4.69) is 26.2 Å². The van der Waals surface area contributed by atoms with E-state index >= 15 is 0 Å². The number of halogens is 1. The van der Waals surface area contributed by atoms with Crippen LogP contribution in [0.25, 0.3) is 0 Å². The number of hydrogen-bond acceptors (Lipinski definition) is 5. The summed E-state index contributed by atoms with van der Waals surface area (Å²) < 4.78 is 13.3. The van der Waals surface area contributed by atoms with E-state index in [9.17, 15) is 0 Å². The fourth-order valence-corrected chi connectivity index (χ4v) is 2.38. The van der Waals surface area contributed by atoms with Gasteiger partial charge in [-0.3, -0.25) is 0 Å². The molecule has 7 heteroatoms. The Bertz CT molecular complexity index is 586. The number of hydrogen-bond donors (Lipinski definition) is 1. The molecule has 0 saturated carbocycles. The zero-order chi connectivity index (χ0) is 14.5. The molecule has 0 saturated heterocycles. The van der Waals surface area contributed by atoms with Gasteiger partial charge in [0.1, 0.15) is 11.5 Å². The number of nitrogens with two attached hydrogens (primary N) is 1. The summed E-state index contributed by atoms with van der Waals surface area (Å²) in [5, 5.41) is 8.16. The highest BCUT2D eigenvalue weighted by atomic mass is 79.9. The molecule has 0 bridgehead atoms. The first-order valence-electron chi connectivity index (χ1n) is 6.17. The molecular formula is C13H17BrN4O2. The summed E-state index contributed by atoms with van der Waals surface area (Å²) in [6, 6.07) is 3.80. The van der Waals surface area contributed by atoms with E-state index < -0.39 is 0 Å². The molecule has 6 nitrogen and oxygen atoms in total. The number of ether oxygens (including phenoxy) is 2. The number of nitrogens with zero attached hydrogens (tertiary/aromatic N) is 3. The highest BCUT2D eigenvalue weighted by Gasteiger charge is 2.11. The molecule has 0 radical (unpaired) electrons. The second kappa shape index (κ2) is 6.71. The molecule has 0 aliphatic carbocycles. The Balaban J connectivity index is 2.26. The third-order valence-corrected chi connectivity index (χ3v) is 3.49. The van der Waals surface area contributed by atoms with Gasteiger partial charge in [-0.15, -0.1) is 5.10 Å². The van der Waals surface area contributed by atoms with Crippen molar-refractivity contribution in [3.05, 3.63) is 34.1 Å². The van der Waals surface area contributed by atoms with Gasteiger partial charge in [0.25, 0.3) is 0 Å². The van der Waals surface area contributed by atoms with Crippen molar-refractivity contribution in [1.29, 1.82) is 0 Å². The van der Waals surface area contributed by atoms with Gasteiger partial charge < -0.3 is 15.2 Å². The third-order valence-electron chi connectivity index (χ3n) is 2.87. The van der Waals surface area contributed by atoms with Gasteiger partial charge in [-0.05, 0) is 34.6 Å². The van der Waals surface area contributed by atoms with E-state index in [0.29, 0.717) is 13.1 Å². The van der Waals surface area contributed by atoms with Crippen LogP contribution in [0.2, 0.25) is 0 Å². The van der Waals surface area contributed by atoms with Crippen molar-refractivity contribution < 1.29 is 9.47 Å². The van der Waals surface area contributed by atoms with Crippen molar-refractivity contribution in [1.82, 2.24) is 15.0 Å². The first kappa shape index (κ1) is 14.8. The second-order valence-corrected chi connectivity index (χ2v) is 5.10. The maximum absolute atomic E-state index is 5.50. The van der Waals surface area contributed by atoms with Crippen LogP contribution in [-0.2, 0) is 13.0 Å². The van der Waals surface area contributed by atoms with Crippen molar-refractivity contribution in [2.45, 2.75) is 13.0 Å². The molecule has 0 unspecified atom stereocenters. The smallest absolute Gasteiger partial charge is 0.133 e. The lowest BCUT2D eigenvalue weighted by molar-refractivity contribution is 0.394. The molecule has 2 aromatic rings. The van der Waals surface area contributed by atoms with E-state index in [1.807, 2.05) is 18.3 Å². The van der Waals surface area contributed by atoms with Gasteiger partial charge in [0.05, 0.1) is 30.9 Å². The molecule has 2 rings (SSSR count). The zero-order valence-electron chi connectivity index (χ0n) is 11.5. The van der Waals surface area contributed by atoms with Crippen LogP contribution in [0.4, 0.5) is 0 Å². The van der Waals surface area contributed by atoms with E-state index in [4.69, 9.17) is 15.2 Å². The Kier molecular flexibility index (Phi) is 4.97. The van der Waals surface area contributed by atoms with E-state index in [-0.39, 0.29) is 0 Å². The molecule has 0 spiro atoms. The first-order chi connectivity index (χ1) is 9.67. The second-order valence-electron chi connectivity index (χ2n) is 4.24. The predicted octanol–water partition coefficient (Wildman–Crippen LogP) is 1.61. The predicted molar refractivity (Wildman–Crippen MR) is 79.1 cm³/mol. The van der Waals surface area contributed by atoms with Crippen LogP contribution < -0.4 is 15.2 Å². The van der Waals surface area contributed by atoms with Gasteiger partial charge in [0.2, 0.25) is 0 Å². The van der Waals surface area contributed by atoms with Gasteiger partial charge in [0, 0.05) is 18.2 Å². The molecule has 1 heterocycles. The minimum atomic E-state index is 0.560. The summed E-state index contributed by atoms with van der Waals surface area (Å²) in [5.74, 6) is 1.52. The summed E-state index contributed by atoms with van der Waals surface area (Å²) in [6.07, 6.45) is 2.61. The maximum atomic E-state index is 5.50. The Labute approximate surface area is 126 Å². The fourth-order valence-electron chi connectivity index (χ4n) is 1.90. The lowest BCUT2D eigenvalue weighted by atomic mass is 10.2. The molecule has 1 aromatic carbocycles. The van der Waals surface area contributed by atoms with Crippen molar-refractivity contribution in [2.24, 2.45) is 5.73 Å². The van der Waals surface area contributed by atoms with Gasteiger partial charge in [-0.2, -0.15) is 0 Å². The van der Waals surface area contributed by atoms with Crippen LogP contribution in [0.1, 0.15) is 11.3 Å². The van der Waals surface area contributed by atoms with E-state index in [1.54, 1.807) is 18.9 Å². The number of aromatic nitrogens is 3. The van der Waals surface area contributed by atoms with E-state index in [0.717, 1.165) is 33.6 Å². The summed E-state index contributed by atoms with van der Waals surface area (Å²) in [5.41, 5.74) is 7.36. The highest BCUT2D eigenvalue weighted by molar-refractivity contribution is 9.10. The van der Waals surface area contributed by atoms with Gasteiger partial charge in [0.15, 0.2) is 0 Å². The Morgan fingerprint density at radius 3 is 2.65 bits per heavy atom. The van der Waals surface area contributed by atoms with Crippen LogP contribution >= 0.6 is 15.9 Å². The molecular weight excluding hydrogens is 324 g/mol. The van der Waals surface area contributed by atoms with Crippen LogP contribution in [0, 0.1) is 0 Å². The van der Waals surface area contributed by atoms with Crippen LogP contribution in [0.15, 0.2) is 22.8 Å². The average Bonchev–Trinajstić information content (AvgIpc) is 2.88. The van der Waals surface area contributed by atoms with Gasteiger partial charge in [-0.25, -0.2) is 4.68 Å². The Hall–Kier alpha value is -1.60. The standard InChI is InChI=1S/C13H17BrN4O2/c1-19-12-6-11(14)13(20-2)5-9(12)7-18-8-10(3-4-15)16-17-18/h5-6,8H,3-4,7,15H2,1-2H3. The van der Waals surface area contributed by atoms with Crippen molar-refractivity contribution in [3.8, 4) is 11.5 Å². The monoisotopic (exact) mass is 340 g/mol. The summed E-state index contributed by atoms with van der Waals surface area (Å²) >= 11 is 3.44. The highest BCUT2D eigenvalue weighted by Crippen LogP contribution is 2.33. The molecule has 0 amide bonds. The topological polar surface area (TPSA) is 75.2 Å². The normalized spacial score (nSPS) is 10.6. The quantitative estimate of drug-likeness (QED) is 0.864. The molecule has 0 fully saturated rings. The van der Waals surface area contributed by atoms with Crippen molar-refractivity contribution in [2.75, 3.05) is 20.8 Å². The fraction of sp³-hybridized carbons (Fsp3) is 0.385. The van der Waals surface area contributed by atoms with Crippen molar-refractivity contribution >= 4 is 15.9 Å². The Morgan fingerprint density at radius 2 is 2.00 bits per heavy atom. The molecule has 0 aliphatic rings. The summed E-state index contributed by atoms with van der Waals surface area (Å²) in [4.78, 5) is 0. The minimum absolute atomic E-state index is 0.560. The molecule has 1 aromatic heterocycles. The molecule has 108 valence electrons. The van der Waals surface area contributed by atoms with Gasteiger partial charge in [-0.1, -0.05) is 5.21 Å². The largest absolute Gasteiger partial charge is 0.496 e. The van der Waals surface area contributed by atoms with Gasteiger partial charge >= 0.3 is 0 Å². The first-order valence-corrected chi connectivity index (χ1v) is 6.96. The average molecular weight is 341 g/mol. The Morgan fingerprint density at radius 1 is 1.25 bits per heavy atom. The molecule has 0 atom stereocenters. The maximum Gasteiger partial charge on any atom is 0.133 e. The third kappa shape index (κ3) is 3.29. The van der Waals surface area contributed by atoms with Crippen LogP contribution in [-0.4, -0.2) is 35.8 Å². The summed E-state index contributed by atoms with van der Waals surface area (Å²) in [7, 11) is 3.27. The van der Waals surface area contributed by atoms with Crippen LogP contribution in [0.5, 0.6) is 11.5 Å². The van der Waals surface area contributed by atoms with E-state index in [1.165, 1.54) is 0 Å². The lowest BCUT2D eigenvalue weighted by Crippen LogP contribution is -2.04. The number of rotatable bonds is 6. The van der Waals surface area contributed by atoms with Crippen molar-refractivity contribution in [3.63, 3.8) is 0 Å². The minimum Gasteiger partial charge on any atom is -0.496 e. The lowest BCUT2D eigenvalue weighted by Gasteiger charge is -2.12.